The topological polar surface area (TPSA) is 68.6 Å². The molecule has 1 heterocycles. The van der Waals surface area contributed by atoms with Gasteiger partial charge in [0.05, 0.1) is 12.3 Å². The van der Waals surface area contributed by atoms with Crippen LogP contribution in [0.1, 0.15) is 5.76 Å². The molecule has 0 unspecified atom stereocenters. The van der Waals surface area contributed by atoms with Gasteiger partial charge in [-0.1, -0.05) is 0 Å². The summed E-state index contributed by atoms with van der Waals surface area (Å²) in [6.07, 6.45) is 1.41. The van der Waals surface area contributed by atoms with Crippen LogP contribution in [-0.2, 0) is 0 Å². The minimum atomic E-state index is -0.590. The molecule has 1 rings (SSSR count). The number of furan rings is 1. The number of rotatable bonds is 2. The molecule has 0 aliphatic carbocycles. The molecule has 0 aliphatic rings. The summed E-state index contributed by atoms with van der Waals surface area (Å²) < 4.78 is 4.74. The first kappa shape index (κ1) is 7.46. The Morgan fingerprint density at radius 1 is 1.73 bits per heavy atom. The molecule has 0 saturated heterocycles. The molecule has 0 aliphatic heterocycles. The summed E-state index contributed by atoms with van der Waals surface area (Å²) in [7, 11) is 1.56. The van der Waals surface area contributed by atoms with Crippen LogP contribution in [0.5, 0.6) is 0 Å². The Hall–Kier alpha value is -1.65. The quantitative estimate of drug-likeness (QED) is 0.365. The Balaban J connectivity index is 2.90. The predicted octanol–water partition coefficient (Wildman–Crippen LogP) is 1.24. The van der Waals surface area contributed by atoms with E-state index < -0.39 is 4.92 Å². The predicted molar refractivity (Wildman–Crippen MR) is 38.9 cm³/mol. The fourth-order valence-electron chi connectivity index (χ4n) is 0.637. The first-order valence-corrected chi connectivity index (χ1v) is 2.90. The molecule has 5 nitrogen and oxygen atoms in total. The van der Waals surface area contributed by atoms with Gasteiger partial charge in [0.1, 0.15) is 4.92 Å². The summed E-state index contributed by atoms with van der Waals surface area (Å²) in [5.74, 6) is 0.124. The first-order valence-electron chi connectivity index (χ1n) is 2.90. The molecule has 0 saturated carbocycles. The summed E-state index contributed by atoms with van der Waals surface area (Å²) in [5.41, 5.74) is 0. The van der Waals surface area contributed by atoms with Crippen LogP contribution in [-0.4, -0.2) is 18.2 Å². The van der Waals surface area contributed by atoms with Crippen LogP contribution < -0.4 is 0 Å². The van der Waals surface area contributed by atoms with Gasteiger partial charge in [-0.25, -0.2) is 0 Å². The molecule has 5 heteroatoms. The standard InChI is InChI=1S/C6H6N2O3/c1-7-4-5-2-3-6(11-5)8(9)10/h2-4H,1H3. The van der Waals surface area contributed by atoms with Gasteiger partial charge < -0.3 is 4.42 Å². The molecule has 0 atom stereocenters. The maximum Gasteiger partial charge on any atom is 0.433 e. The normalized spacial score (nSPS) is 10.6. The van der Waals surface area contributed by atoms with E-state index in [4.69, 9.17) is 4.42 Å². The van der Waals surface area contributed by atoms with Gasteiger partial charge in [0.15, 0.2) is 5.76 Å². The van der Waals surface area contributed by atoms with Crippen molar-refractivity contribution in [3.05, 3.63) is 28.0 Å². The van der Waals surface area contributed by atoms with Gasteiger partial charge >= 0.3 is 5.88 Å². The number of hydrogen-bond donors (Lipinski definition) is 0. The van der Waals surface area contributed by atoms with Crippen LogP contribution in [0.3, 0.4) is 0 Å². The fraction of sp³-hybridized carbons (Fsp3) is 0.167. The molecule has 0 spiro atoms. The average Bonchev–Trinajstić information content (AvgIpc) is 2.37. The largest absolute Gasteiger partial charge is 0.433 e. The highest BCUT2D eigenvalue weighted by Crippen LogP contribution is 2.13. The second-order valence-corrected chi connectivity index (χ2v) is 1.82. The molecular weight excluding hydrogens is 148 g/mol. The molecule has 58 valence electrons. The van der Waals surface area contributed by atoms with Crippen molar-refractivity contribution >= 4 is 12.1 Å². The smallest absolute Gasteiger partial charge is 0.400 e. The molecule has 0 amide bonds. The first-order chi connectivity index (χ1) is 5.24. The van der Waals surface area contributed by atoms with Crippen molar-refractivity contribution in [1.29, 1.82) is 0 Å². The third-order valence-corrected chi connectivity index (χ3v) is 1.05. The second-order valence-electron chi connectivity index (χ2n) is 1.82. The summed E-state index contributed by atoms with van der Waals surface area (Å²) >= 11 is 0. The van der Waals surface area contributed by atoms with E-state index in [1.54, 1.807) is 7.05 Å². The molecular formula is C6H6N2O3. The number of nitrogens with zero attached hydrogens (tertiary/aromatic N) is 2. The van der Waals surface area contributed by atoms with E-state index >= 15 is 0 Å². The van der Waals surface area contributed by atoms with Gasteiger partial charge in [0.2, 0.25) is 0 Å². The average molecular weight is 154 g/mol. The summed E-state index contributed by atoms with van der Waals surface area (Å²) in [6.45, 7) is 0. The number of aliphatic imine (C=N–C) groups is 1. The lowest BCUT2D eigenvalue weighted by molar-refractivity contribution is -0.402. The summed E-state index contributed by atoms with van der Waals surface area (Å²) in [6, 6.07) is 2.78. The maximum atomic E-state index is 10.1. The van der Waals surface area contributed by atoms with E-state index in [2.05, 4.69) is 4.99 Å². The van der Waals surface area contributed by atoms with Crippen LogP contribution in [0.2, 0.25) is 0 Å². The van der Waals surface area contributed by atoms with Gasteiger partial charge in [0.25, 0.3) is 0 Å². The van der Waals surface area contributed by atoms with E-state index in [1.165, 1.54) is 18.3 Å². The van der Waals surface area contributed by atoms with Crippen molar-refractivity contribution in [2.75, 3.05) is 7.05 Å². The van der Waals surface area contributed by atoms with Crippen molar-refractivity contribution < 1.29 is 9.34 Å². The molecule has 0 aromatic carbocycles. The van der Waals surface area contributed by atoms with Gasteiger partial charge in [0, 0.05) is 7.05 Å². The molecule has 0 fully saturated rings. The van der Waals surface area contributed by atoms with Crippen LogP contribution in [0.4, 0.5) is 5.88 Å². The minimum absolute atomic E-state index is 0.264. The van der Waals surface area contributed by atoms with Gasteiger partial charge in [-0.3, -0.25) is 15.1 Å². The van der Waals surface area contributed by atoms with Gasteiger partial charge in [-0.05, 0) is 6.07 Å². The van der Waals surface area contributed by atoms with Crippen molar-refractivity contribution in [3.8, 4) is 0 Å². The SMILES string of the molecule is CN=Cc1ccc([N+](=O)[O-])o1. The van der Waals surface area contributed by atoms with Crippen molar-refractivity contribution in [2.24, 2.45) is 4.99 Å². The molecule has 1 aromatic rings. The van der Waals surface area contributed by atoms with E-state index in [0.29, 0.717) is 5.76 Å². The highest BCUT2D eigenvalue weighted by Gasteiger charge is 2.09. The highest BCUT2D eigenvalue weighted by molar-refractivity contribution is 5.76. The molecule has 0 radical (unpaired) electrons. The zero-order valence-corrected chi connectivity index (χ0v) is 5.85. The van der Waals surface area contributed by atoms with Crippen LogP contribution in [0.25, 0.3) is 0 Å². The van der Waals surface area contributed by atoms with Crippen molar-refractivity contribution in [1.82, 2.24) is 0 Å². The Morgan fingerprint density at radius 3 is 2.91 bits per heavy atom. The Bertz CT molecular complexity index is 290. The molecule has 1 aromatic heterocycles. The van der Waals surface area contributed by atoms with E-state index in [1.807, 2.05) is 0 Å². The van der Waals surface area contributed by atoms with Crippen molar-refractivity contribution in [2.45, 2.75) is 0 Å². The lowest BCUT2D eigenvalue weighted by atomic mass is 10.5. The van der Waals surface area contributed by atoms with Crippen LogP contribution in [0, 0.1) is 10.1 Å². The van der Waals surface area contributed by atoms with Crippen molar-refractivity contribution in [3.63, 3.8) is 0 Å². The van der Waals surface area contributed by atoms with Crippen LogP contribution >= 0.6 is 0 Å². The third kappa shape index (κ3) is 1.64. The molecule has 0 bridgehead atoms. The molecule has 0 N–H and O–H groups in total. The summed E-state index contributed by atoms with van der Waals surface area (Å²) in [4.78, 5) is 13.1. The minimum Gasteiger partial charge on any atom is -0.400 e. The lowest BCUT2D eigenvalue weighted by Gasteiger charge is -1.81. The lowest BCUT2D eigenvalue weighted by Crippen LogP contribution is -1.83. The van der Waals surface area contributed by atoms with E-state index in [-0.39, 0.29) is 5.88 Å². The van der Waals surface area contributed by atoms with E-state index in [0.717, 1.165) is 0 Å². The number of nitro groups is 1. The summed E-state index contributed by atoms with van der Waals surface area (Å²) in [5, 5.41) is 10.1. The zero-order chi connectivity index (χ0) is 8.27. The highest BCUT2D eigenvalue weighted by atomic mass is 16.6. The second kappa shape index (κ2) is 2.96. The van der Waals surface area contributed by atoms with Gasteiger partial charge in [-0.2, -0.15) is 0 Å². The molecule has 11 heavy (non-hydrogen) atoms. The Labute approximate surface area is 62.5 Å². The monoisotopic (exact) mass is 154 g/mol. The fourth-order valence-corrected chi connectivity index (χ4v) is 0.637. The van der Waals surface area contributed by atoms with E-state index in [9.17, 15) is 10.1 Å². The number of hydrogen-bond acceptors (Lipinski definition) is 4. The zero-order valence-electron chi connectivity index (χ0n) is 5.85. The Morgan fingerprint density at radius 2 is 2.45 bits per heavy atom. The maximum absolute atomic E-state index is 10.1. The Kier molecular flexibility index (Phi) is 2.00. The van der Waals surface area contributed by atoms with Gasteiger partial charge in [-0.15, -0.1) is 0 Å². The third-order valence-electron chi connectivity index (χ3n) is 1.05. The van der Waals surface area contributed by atoms with Crippen LogP contribution in [0.15, 0.2) is 21.5 Å².